The van der Waals surface area contributed by atoms with Crippen LogP contribution < -0.4 is 0 Å². The van der Waals surface area contributed by atoms with Crippen LogP contribution in [0.1, 0.15) is 108 Å². The van der Waals surface area contributed by atoms with Crippen LogP contribution in [0.2, 0.25) is 0 Å². The number of benzene rings is 1. The Balaban J connectivity index is 1.32. The van der Waals surface area contributed by atoms with Crippen LogP contribution >= 0.6 is 0 Å². The van der Waals surface area contributed by atoms with Gasteiger partial charge in [-0.25, -0.2) is 13.2 Å². The van der Waals surface area contributed by atoms with Crippen LogP contribution in [0, 0.1) is 35.3 Å². The molecule has 0 aromatic heterocycles. The van der Waals surface area contributed by atoms with E-state index in [1.807, 2.05) is 6.07 Å². The van der Waals surface area contributed by atoms with Gasteiger partial charge in [-0.1, -0.05) is 57.0 Å². The van der Waals surface area contributed by atoms with Crippen molar-refractivity contribution in [2.24, 2.45) is 23.7 Å². The summed E-state index contributed by atoms with van der Waals surface area (Å²) in [6, 6.07) is 3.57. The molecule has 0 saturated heterocycles. The van der Waals surface area contributed by atoms with Gasteiger partial charge in [-0.2, -0.15) is 0 Å². The quantitative estimate of drug-likeness (QED) is 0.372. The predicted molar refractivity (Wildman–Crippen MR) is 136 cm³/mol. The maximum absolute atomic E-state index is 14.9. The molecule has 3 heteroatoms. The molecule has 0 amide bonds. The molecule has 1 unspecified atom stereocenters. The molecule has 1 aromatic carbocycles. The first-order valence-corrected chi connectivity index (χ1v) is 13.7. The second-order valence-corrected chi connectivity index (χ2v) is 10.9. The largest absolute Gasteiger partial charge is 0.212 e. The molecule has 3 aliphatic carbocycles. The van der Waals surface area contributed by atoms with Gasteiger partial charge in [0.25, 0.3) is 0 Å². The lowest BCUT2D eigenvalue weighted by molar-refractivity contribution is 0.312. The fraction of sp³-hybridized carbons (Fsp3) is 0.613. The fourth-order valence-electron chi connectivity index (χ4n) is 6.41. The van der Waals surface area contributed by atoms with Gasteiger partial charge in [0.2, 0.25) is 0 Å². The second-order valence-electron chi connectivity index (χ2n) is 10.9. The van der Waals surface area contributed by atoms with Gasteiger partial charge >= 0.3 is 0 Å². The molecule has 0 bridgehead atoms. The maximum Gasteiger partial charge on any atom is 0.166 e. The zero-order chi connectivity index (χ0) is 24.1. The van der Waals surface area contributed by atoms with Crippen LogP contribution in [0.15, 0.2) is 41.8 Å². The summed E-state index contributed by atoms with van der Waals surface area (Å²) < 4.78 is 44.2. The van der Waals surface area contributed by atoms with Crippen LogP contribution in [0.5, 0.6) is 0 Å². The van der Waals surface area contributed by atoms with Crippen molar-refractivity contribution < 1.29 is 13.2 Å². The smallest absolute Gasteiger partial charge is 0.166 e. The minimum Gasteiger partial charge on any atom is -0.212 e. The van der Waals surface area contributed by atoms with Crippen LogP contribution in [0.3, 0.4) is 0 Å². The molecular weight excluding hydrogens is 429 g/mol. The summed E-state index contributed by atoms with van der Waals surface area (Å²) in [5, 5.41) is 0. The van der Waals surface area contributed by atoms with E-state index in [9.17, 15) is 13.2 Å². The Labute approximate surface area is 204 Å². The Morgan fingerprint density at radius 2 is 1.56 bits per heavy atom. The van der Waals surface area contributed by atoms with Gasteiger partial charge in [-0.3, -0.25) is 0 Å². The van der Waals surface area contributed by atoms with E-state index in [0.29, 0.717) is 23.0 Å². The minimum absolute atomic E-state index is 0.0562. The van der Waals surface area contributed by atoms with Gasteiger partial charge in [-0.15, -0.1) is 0 Å². The first-order valence-electron chi connectivity index (χ1n) is 13.7. The molecule has 4 rings (SSSR count). The Hall–Kier alpha value is -1.77. The van der Waals surface area contributed by atoms with Crippen molar-refractivity contribution in [1.29, 1.82) is 0 Å². The third-order valence-corrected chi connectivity index (χ3v) is 8.77. The minimum atomic E-state index is -0.699. The van der Waals surface area contributed by atoms with Crippen molar-refractivity contribution in [3.63, 3.8) is 0 Å². The van der Waals surface area contributed by atoms with E-state index in [-0.39, 0.29) is 17.7 Å². The molecule has 0 N–H and O–H groups in total. The summed E-state index contributed by atoms with van der Waals surface area (Å²) in [6.07, 6.45) is 20.0. The van der Waals surface area contributed by atoms with E-state index in [1.54, 1.807) is 18.2 Å². The zero-order valence-electron chi connectivity index (χ0n) is 21.0. The van der Waals surface area contributed by atoms with Crippen molar-refractivity contribution in [1.82, 2.24) is 0 Å². The summed E-state index contributed by atoms with van der Waals surface area (Å²) in [4.78, 5) is 0. The van der Waals surface area contributed by atoms with Crippen LogP contribution in [0.25, 0.3) is 6.08 Å². The average molecular weight is 471 g/mol. The molecule has 3 aliphatic rings. The standard InChI is InChI=1S/C31H41F3/c1-3-5-25-16-17-27(20-29(25)32)23-11-8-22(9-12-23)10-15-26-18-19-28(31(34)30(26)33)24-13-6-21(4-2)7-14-24/h10,15,17-25H,3-9,11-14,16H2,1-2H3/b15-10+. The number of hydrogen-bond acceptors (Lipinski definition) is 0. The summed E-state index contributed by atoms with van der Waals surface area (Å²) in [7, 11) is 0. The van der Waals surface area contributed by atoms with Crippen molar-refractivity contribution in [2.45, 2.75) is 96.8 Å². The molecule has 0 nitrogen and oxygen atoms in total. The Kier molecular flexibility index (Phi) is 8.77. The van der Waals surface area contributed by atoms with Crippen molar-refractivity contribution in [3.05, 3.63) is 64.5 Å². The van der Waals surface area contributed by atoms with Gasteiger partial charge in [-0.05, 0) is 105 Å². The highest BCUT2D eigenvalue weighted by atomic mass is 19.2. The summed E-state index contributed by atoms with van der Waals surface area (Å²) in [5.74, 6) is 0.462. The lowest BCUT2D eigenvalue weighted by Crippen LogP contribution is -2.16. The van der Waals surface area contributed by atoms with Crippen LogP contribution in [-0.4, -0.2) is 0 Å². The number of hydrogen-bond donors (Lipinski definition) is 0. The van der Waals surface area contributed by atoms with Crippen LogP contribution in [0.4, 0.5) is 13.2 Å². The molecule has 34 heavy (non-hydrogen) atoms. The molecule has 1 aromatic rings. The molecule has 0 heterocycles. The number of halogens is 3. The molecule has 0 radical (unpaired) electrons. The topological polar surface area (TPSA) is 0 Å². The summed E-state index contributed by atoms with van der Waals surface area (Å²) in [6.45, 7) is 4.32. The lowest BCUT2D eigenvalue weighted by Gasteiger charge is -2.30. The summed E-state index contributed by atoms with van der Waals surface area (Å²) >= 11 is 0. The lowest BCUT2D eigenvalue weighted by atomic mass is 9.76. The van der Waals surface area contributed by atoms with E-state index in [4.69, 9.17) is 0 Å². The Bertz CT molecular complexity index is 909. The Morgan fingerprint density at radius 3 is 2.21 bits per heavy atom. The molecule has 0 aliphatic heterocycles. The van der Waals surface area contributed by atoms with E-state index in [1.165, 1.54) is 12.0 Å². The highest BCUT2D eigenvalue weighted by Crippen LogP contribution is 2.40. The molecule has 0 spiro atoms. The monoisotopic (exact) mass is 470 g/mol. The third-order valence-electron chi connectivity index (χ3n) is 8.77. The Morgan fingerprint density at radius 1 is 0.853 bits per heavy atom. The highest BCUT2D eigenvalue weighted by Gasteiger charge is 2.27. The second kappa shape index (κ2) is 11.8. The first-order chi connectivity index (χ1) is 16.5. The summed E-state index contributed by atoms with van der Waals surface area (Å²) in [5.41, 5.74) is 2.09. The molecular formula is C31H41F3. The molecule has 2 fully saturated rings. The first kappa shape index (κ1) is 25.3. The number of allylic oxidation sites excluding steroid dienone is 5. The fourth-order valence-corrected chi connectivity index (χ4v) is 6.41. The van der Waals surface area contributed by atoms with Gasteiger partial charge in [0.05, 0.1) is 0 Å². The predicted octanol–water partition coefficient (Wildman–Crippen LogP) is 10.1. The number of rotatable bonds is 7. The van der Waals surface area contributed by atoms with E-state index >= 15 is 0 Å². The van der Waals surface area contributed by atoms with Gasteiger partial charge in [0.1, 0.15) is 5.83 Å². The van der Waals surface area contributed by atoms with E-state index in [0.717, 1.165) is 76.5 Å². The molecule has 2 saturated carbocycles. The third kappa shape index (κ3) is 5.89. The zero-order valence-corrected chi connectivity index (χ0v) is 21.0. The normalized spacial score (nSPS) is 30.3. The van der Waals surface area contributed by atoms with Crippen molar-refractivity contribution in [3.8, 4) is 0 Å². The van der Waals surface area contributed by atoms with Gasteiger partial charge < -0.3 is 0 Å². The highest BCUT2D eigenvalue weighted by molar-refractivity contribution is 5.52. The molecule has 186 valence electrons. The van der Waals surface area contributed by atoms with E-state index in [2.05, 4.69) is 26.0 Å². The molecule has 1 atom stereocenters. The van der Waals surface area contributed by atoms with E-state index < -0.39 is 11.6 Å². The van der Waals surface area contributed by atoms with Gasteiger partial charge in [0.15, 0.2) is 11.6 Å². The van der Waals surface area contributed by atoms with Crippen LogP contribution in [-0.2, 0) is 0 Å². The average Bonchev–Trinajstić information content (AvgIpc) is 2.87. The SMILES string of the molecule is CCCC1CC=C(C2CCC(/C=C/c3ccc(C4CCC(CC)CC4)c(F)c3F)CC2)C=C1F. The van der Waals surface area contributed by atoms with Crippen molar-refractivity contribution >= 4 is 6.08 Å². The van der Waals surface area contributed by atoms with Gasteiger partial charge in [0, 0.05) is 11.5 Å². The maximum atomic E-state index is 14.9. The van der Waals surface area contributed by atoms with Crippen molar-refractivity contribution in [2.75, 3.05) is 0 Å².